The third-order valence-electron chi connectivity index (χ3n) is 35.2. The number of aryl methyl sites for hydroxylation is 16. The molecule has 21 rings (SSSR count). The number of unbranched alkanes of at least 4 members (excludes halogenated alkanes) is 18. The largest absolute Gasteiger partial charge is 0.310 e. The third-order valence-corrected chi connectivity index (χ3v) is 35.2. The van der Waals surface area contributed by atoms with E-state index >= 15 is 0 Å². The van der Waals surface area contributed by atoms with E-state index in [2.05, 4.69) is 387 Å². The van der Waals surface area contributed by atoms with Crippen molar-refractivity contribution < 1.29 is 0 Å². The van der Waals surface area contributed by atoms with E-state index in [1.165, 1.54) is 430 Å². The molecule has 732 valence electrons. The van der Waals surface area contributed by atoms with E-state index in [1.54, 1.807) is 11.1 Å². The molecule has 7 aliphatic carbocycles. The van der Waals surface area contributed by atoms with Crippen LogP contribution in [0.1, 0.15) is 354 Å². The maximum absolute atomic E-state index is 2.73. The Morgan fingerprint density at radius 1 is 0.225 bits per heavy atom. The smallest absolute Gasteiger partial charge is 0.0713 e. The Morgan fingerprint density at radius 2 is 0.507 bits per heavy atom. The predicted octanol–water partition coefficient (Wildman–Crippen LogP) is 40.1. The van der Waals surface area contributed by atoms with Crippen LogP contribution in [-0.2, 0) is 47.3 Å². The van der Waals surface area contributed by atoms with E-state index < -0.39 is 0 Å². The van der Waals surface area contributed by atoms with E-state index in [4.69, 9.17) is 0 Å². The lowest BCUT2D eigenvalue weighted by molar-refractivity contribution is 0.299. The molecule has 0 amide bonds. The second kappa shape index (κ2) is 43.3. The molecular formula is C140H162N2. The number of hydrogen-bond donors (Lipinski definition) is 0. The van der Waals surface area contributed by atoms with Crippen LogP contribution in [0.2, 0.25) is 0 Å². The molecule has 142 heavy (non-hydrogen) atoms. The first-order chi connectivity index (χ1) is 69.0. The molecule has 14 aromatic rings. The summed E-state index contributed by atoms with van der Waals surface area (Å²) in [6.07, 6.45) is 45.0. The molecule has 0 aromatic heterocycles. The Hall–Kier alpha value is -11.3. The standard InChI is InChI=1S/C57H68N2.C52H68.C31H26/c1-7-9-11-13-15-17-39-57(40-18-16-14-12-10-8-2)55-41-51(58(47-27-19-43(3)20-28-47)48-29-21-44(4)22-30-48)35-37-53(55)54-38-36-52(42-56(54)57)59(49-31-23-45(5)24-32-49)50-33-25-46(6)26-34-50;1-9-11-13-15-17-19-41-31-51-33-42(20-18-16-14-12-10-2)34-52(51,32-41)48-30-44(50-39(7)27-36(4)28-40(50)8)22-24-46(48)45-23-21-43(29-47(45)51)49-37(5)25-35(3)26-38(49)6;1-19-3-13-27-28-14-4-20(2)16-30(28)31(29(27)15-19,25-11-9-21-5-7-23(21)17-25)26-12-10-22-6-8-24(22)18-26/h19-38,41-42H,7-18,39-40H2,1-6H3;21-30,41-42H,9-20,31-34H2,1-8H3;3-4,9-18H,5-8H2,1-2H3. The lowest BCUT2D eigenvalue weighted by Gasteiger charge is -2.48. The Balaban J connectivity index is 0.000000141. The number of hydrogen-bond acceptors (Lipinski definition) is 2. The van der Waals surface area contributed by atoms with Crippen molar-refractivity contribution in [3.05, 3.63) is 400 Å². The first-order valence-corrected chi connectivity index (χ1v) is 56.2. The van der Waals surface area contributed by atoms with Gasteiger partial charge in [0, 0.05) is 50.4 Å². The van der Waals surface area contributed by atoms with Crippen LogP contribution in [0.5, 0.6) is 0 Å². The maximum Gasteiger partial charge on any atom is 0.0713 e. The van der Waals surface area contributed by atoms with Gasteiger partial charge in [-0.2, -0.15) is 0 Å². The fraction of sp³-hybridized carbons (Fsp3) is 0.400. The molecule has 0 radical (unpaired) electrons. The van der Waals surface area contributed by atoms with Crippen molar-refractivity contribution in [1.29, 1.82) is 0 Å². The first-order valence-electron chi connectivity index (χ1n) is 56.2. The summed E-state index contributed by atoms with van der Waals surface area (Å²) in [5.74, 6) is 1.62. The molecule has 2 heteroatoms. The minimum absolute atomic E-state index is 0.0787. The Morgan fingerprint density at radius 3 is 0.831 bits per heavy atom. The summed E-state index contributed by atoms with van der Waals surface area (Å²) in [6.45, 7) is 36.3. The summed E-state index contributed by atoms with van der Waals surface area (Å²) in [5.41, 5.74) is 56.4. The van der Waals surface area contributed by atoms with Crippen LogP contribution in [-0.4, -0.2) is 0 Å². The van der Waals surface area contributed by atoms with Crippen molar-refractivity contribution in [2.75, 3.05) is 9.80 Å². The van der Waals surface area contributed by atoms with Crippen LogP contribution >= 0.6 is 0 Å². The molecule has 7 aliphatic rings. The molecule has 0 unspecified atom stereocenters. The highest BCUT2D eigenvalue weighted by atomic mass is 15.1. The maximum atomic E-state index is 2.73. The van der Waals surface area contributed by atoms with E-state index in [0.717, 1.165) is 11.8 Å². The zero-order valence-electron chi connectivity index (χ0n) is 89.5. The van der Waals surface area contributed by atoms with Gasteiger partial charge in [-0.05, 0) is 389 Å². The van der Waals surface area contributed by atoms with Gasteiger partial charge in [-0.15, -0.1) is 0 Å². The predicted molar refractivity (Wildman–Crippen MR) is 612 cm³/mol. The fourth-order valence-electron chi connectivity index (χ4n) is 28.1. The van der Waals surface area contributed by atoms with E-state index in [1.807, 2.05) is 0 Å². The molecule has 0 spiro atoms. The van der Waals surface area contributed by atoms with Crippen molar-refractivity contribution in [2.45, 2.75) is 351 Å². The number of nitrogens with zero attached hydrogens (tertiary/aromatic N) is 2. The third kappa shape index (κ3) is 19.5. The number of rotatable bonds is 36. The molecule has 0 bridgehead atoms. The molecule has 0 aliphatic heterocycles. The number of benzene rings is 14. The second-order valence-electron chi connectivity index (χ2n) is 45.6. The minimum Gasteiger partial charge on any atom is -0.310 e. The van der Waals surface area contributed by atoms with Gasteiger partial charge in [-0.1, -0.05) is 408 Å². The summed E-state index contributed by atoms with van der Waals surface area (Å²) >= 11 is 0. The molecular weight excluding hydrogens is 1710 g/mol. The van der Waals surface area contributed by atoms with Crippen LogP contribution in [0.25, 0.3) is 55.6 Å². The van der Waals surface area contributed by atoms with Gasteiger partial charge >= 0.3 is 0 Å². The molecule has 0 N–H and O–H groups in total. The van der Waals surface area contributed by atoms with Gasteiger partial charge in [0.1, 0.15) is 0 Å². The zero-order chi connectivity index (χ0) is 98.6. The van der Waals surface area contributed by atoms with Gasteiger partial charge in [0.25, 0.3) is 0 Å². The summed E-state index contributed by atoms with van der Waals surface area (Å²) in [5, 5.41) is 0. The van der Waals surface area contributed by atoms with Gasteiger partial charge in [0.2, 0.25) is 0 Å². The lowest BCUT2D eigenvalue weighted by atomic mass is 9.55. The first kappa shape index (κ1) is 99.4. The average molecular weight is 1870 g/mol. The molecule has 2 saturated carbocycles. The van der Waals surface area contributed by atoms with Crippen molar-refractivity contribution in [3.8, 4) is 55.6 Å². The van der Waals surface area contributed by atoms with Crippen molar-refractivity contribution >= 4 is 34.1 Å². The number of anilines is 6. The monoisotopic (exact) mass is 1870 g/mol. The van der Waals surface area contributed by atoms with Gasteiger partial charge in [0.05, 0.1) is 5.41 Å². The van der Waals surface area contributed by atoms with Crippen LogP contribution in [0.4, 0.5) is 34.1 Å². The van der Waals surface area contributed by atoms with Crippen LogP contribution < -0.4 is 9.80 Å². The molecule has 2 fully saturated rings. The molecule has 0 atom stereocenters. The quantitative estimate of drug-likeness (QED) is 0.0361. The van der Waals surface area contributed by atoms with E-state index in [0.29, 0.717) is 0 Å². The highest BCUT2D eigenvalue weighted by Crippen LogP contribution is 2.73. The summed E-state index contributed by atoms with van der Waals surface area (Å²) in [4.78, 5) is 4.95. The summed E-state index contributed by atoms with van der Waals surface area (Å²) < 4.78 is 0. The summed E-state index contributed by atoms with van der Waals surface area (Å²) in [6, 6.07) is 105. The Labute approximate surface area is 856 Å². The van der Waals surface area contributed by atoms with Crippen molar-refractivity contribution in [3.63, 3.8) is 0 Å². The summed E-state index contributed by atoms with van der Waals surface area (Å²) in [7, 11) is 0. The minimum atomic E-state index is -0.238. The van der Waals surface area contributed by atoms with E-state index in [9.17, 15) is 0 Å². The SMILES string of the molecule is CCCCCCCC1CC23CC(CCCCCCC)CC2(C1)c1cc(-c2c(C)cc(C)cc2C)ccc1-c1ccc(-c2c(C)cc(C)cc2C)cc13.CCCCCCCCC1(CCCCCCCC)c2cc(N(c3ccc(C)cc3)c3ccc(C)cc3)ccc2-c2ccc(N(c3ccc(C)cc3)c3ccc(C)cc3)cc21.Cc1ccc2c(c1)C(c1ccc3c(c1)CC3)(c1ccc3c(c1)CC3)c1cc(C)ccc1-2. The van der Waals surface area contributed by atoms with Crippen LogP contribution in [0.15, 0.2) is 267 Å². The second-order valence-corrected chi connectivity index (χ2v) is 45.6. The highest BCUT2D eigenvalue weighted by molar-refractivity contribution is 5.92. The number of fused-ring (bicyclic) bond motifs is 11. The van der Waals surface area contributed by atoms with Gasteiger partial charge in [0.15, 0.2) is 0 Å². The fourth-order valence-corrected chi connectivity index (χ4v) is 28.1. The average Bonchev–Trinajstić information content (AvgIpc) is 1.50. The topological polar surface area (TPSA) is 6.48 Å². The van der Waals surface area contributed by atoms with Crippen LogP contribution in [0.3, 0.4) is 0 Å². The van der Waals surface area contributed by atoms with Gasteiger partial charge in [-0.3, -0.25) is 0 Å². The zero-order valence-corrected chi connectivity index (χ0v) is 89.5. The Kier molecular flexibility index (Phi) is 30.3. The lowest BCUT2D eigenvalue weighted by Crippen LogP contribution is -2.43. The van der Waals surface area contributed by atoms with Crippen LogP contribution in [0, 0.1) is 94.9 Å². The normalized spacial score (nSPS) is 17.3. The van der Waals surface area contributed by atoms with Crippen molar-refractivity contribution in [1.82, 2.24) is 0 Å². The molecule has 14 aromatic carbocycles. The van der Waals surface area contributed by atoms with Gasteiger partial charge < -0.3 is 9.80 Å². The molecule has 0 heterocycles. The molecule has 2 nitrogen and oxygen atoms in total. The highest BCUT2D eigenvalue weighted by Gasteiger charge is 2.67. The van der Waals surface area contributed by atoms with Gasteiger partial charge in [-0.25, -0.2) is 0 Å². The Bertz CT molecular complexity index is 6260. The van der Waals surface area contributed by atoms with E-state index in [-0.39, 0.29) is 21.7 Å². The molecule has 0 saturated heterocycles. The van der Waals surface area contributed by atoms with Crippen molar-refractivity contribution in [2.24, 2.45) is 11.8 Å².